The summed E-state index contributed by atoms with van der Waals surface area (Å²) in [5.41, 5.74) is 1.61. The average molecular weight is 514 g/mol. The van der Waals surface area contributed by atoms with E-state index < -0.39 is 11.5 Å². The smallest absolute Gasteiger partial charge is 0.239 e. The van der Waals surface area contributed by atoms with Crippen molar-refractivity contribution in [1.82, 2.24) is 10.2 Å². The monoisotopic (exact) mass is 513 g/mol. The van der Waals surface area contributed by atoms with Crippen molar-refractivity contribution in [2.45, 2.75) is 50.6 Å². The lowest BCUT2D eigenvalue weighted by molar-refractivity contribution is -0.131. The van der Waals surface area contributed by atoms with Gasteiger partial charge in [-0.05, 0) is 41.2 Å². The van der Waals surface area contributed by atoms with E-state index in [1.807, 2.05) is 42.5 Å². The summed E-state index contributed by atoms with van der Waals surface area (Å²) in [4.78, 5) is 29.1. The maximum Gasteiger partial charge on any atom is 0.239 e. The van der Waals surface area contributed by atoms with Gasteiger partial charge in [0, 0.05) is 42.3 Å². The number of nitrogens with zero attached hydrogens (tertiary/aromatic N) is 1. The number of hydrogen-bond donors (Lipinski definition) is 2. The van der Waals surface area contributed by atoms with Gasteiger partial charge < -0.3 is 20.3 Å². The third-order valence-electron chi connectivity index (χ3n) is 6.78. The van der Waals surface area contributed by atoms with Crippen LogP contribution < -0.4 is 15.4 Å². The molecule has 2 aromatic rings. The topological polar surface area (TPSA) is 70.7 Å². The summed E-state index contributed by atoms with van der Waals surface area (Å²) in [6.45, 7) is 6.50. The largest absolute Gasteiger partial charge is 0.497 e. The molecular formula is C26H32BrN3O3. The van der Waals surface area contributed by atoms with Gasteiger partial charge in [-0.25, -0.2) is 0 Å². The molecule has 0 aliphatic carbocycles. The van der Waals surface area contributed by atoms with Gasteiger partial charge in [0.05, 0.1) is 13.2 Å². The van der Waals surface area contributed by atoms with E-state index in [4.69, 9.17) is 4.74 Å². The van der Waals surface area contributed by atoms with Gasteiger partial charge in [-0.15, -0.1) is 0 Å². The van der Waals surface area contributed by atoms with E-state index in [1.54, 1.807) is 26.1 Å². The first-order chi connectivity index (χ1) is 15.5. The quantitative estimate of drug-likeness (QED) is 0.639. The Balaban J connectivity index is 2.00. The second kappa shape index (κ2) is 8.44. The number of amides is 2. The van der Waals surface area contributed by atoms with Crippen molar-refractivity contribution in [3.8, 4) is 5.75 Å². The molecule has 0 unspecified atom stereocenters. The molecule has 2 aliphatic rings. The van der Waals surface area contributed by atoms with Gasteiger partial charge in [0.1, 0.15) is 11.2 Å². The number of anilines is 1. The number of likely N-dealkylation sites (N-methyl/N-ethyl adjacent to an activating group) is 1. The fourth-order valence-electron chi connectivity index (χ4n) is 5.52. The van der Waals surface area contributed by atoms with Gasteiger partial charge in [-0.2, -0.15) is 0 Å². The predicted octanol–water partition coefficient (Wildman–Crippen LogP) is 4.30. The van der Waals surface area contributed by atoms with Crippen molar-refractivity contribution in [2.24, 2.45) is 5.41 Å². The van der Waals surface area contributed by atoms with E-state index in [1.165, 1.54) is 0 Å². The number of benzene rings is 2. The van der Waals surface area contributed by atoms with Crippen LogP contribution in [0.4, 0.5) is 5.69 Å². The number of rotatable bonds is 4. The number of methoxy groups -OCH3 is 1. The molecule has 2 amide bonds. The molecule has 1 fully saturated rings. The normalized spacial score (nSPS) is 26.3. The summed E-state index contributed by atoms with van der Waals surface area (Å²) in [6, 6.07) is 12.9. The Kier molecular flexibility index (Phi) is 6.08. The number of nitrogens with one attached hydrogen (secondary N) is 2. The zero-order valence-corrected chi connectivity index (χ0v) is 21.6. The van der Waals surface area contributed by atoms with Crippen LogP contribution in [0.5, 0.6) is 5.75 Å². The van der Waals surface area contributed by atoms with Crippen molar-refractivity contribution >= 4 is 33.4 Å². The number of fused-ring (bicyclic) bond motifs is 2. The lowest BCUT2D eigenvalue weighted by atomic mass is 9.62. The first-order valence-electron chi connectivity index (χ1n) is 11.2. The number of hydrogen-bond acceptors (Lipinski definition) is 4. The molecule has 1 spiro atoms. The van der Waals surface area contributed by atoms with Gasteiger partial charge in [0.25, 0.3) is 0 Å². The molecule has 2 aromatic carbocycles. The maximum absolute atomic E-state index is 14.0. The molecular weight excluding hydrogens is 482 g/mol. The summed E-state index contributed by atoms with van der Waals surface area (Å²) in [6.07, 6.45) is 0.730. The summed E-state index contributed by atoms with van der Waals surface area (Å²) < 4.78 is 6.33. The van der Waals surface area contributed by atoms with E-state index in [2.05, 4.69) is 47.3 Å². The molecule has 33 heavy (non-hydrogen) atoms. The molecule has 176 valence electrons. The molecule has 2 heterocycles. The predicted molar refractivity (Wildman–Crippen MR) is 134 cm³/mol. The zero-order valence-electron chi connectivity index (χ0n) is 20.0. The highest BCUT2D eigenvalue weighted by Gasteiger charge is 2.65. The van der Waals surface area contributed by atoms with Gasteiger partial charge in [-0.3, -0.25) is 9.59 Å². The van der Waals surface area contributed by atoms with Crippen LogP contribution in [0.15, 0.2) is 46.9 Å². The van der Waals surface area contributed by atoms with Crippen molar-refractivity contribution < 1.29 is 14.3 Å². The highest BCUT2D eigenvalue weighted by Crippen LogP contribution is 2.57. The Morgan fingerprint density at radius 1 is 1.18 bits per heavy atom. The second-order valence-corrected chi connectivity index (χ2v) is 11.4. The van der Waals surface area contributed by atoms with Crippen LogP contribution in [0.1, 0.15) is 44.2 Å². The standard InChI is InChI=1S/C26H32BrN3O3/c1-25(2,3)14-20-26(18-11-10-17(33-6)13-19(18)28-24(26)32)21(15-8-7-9-16(27)12-15)22(29-20)23(31)30(4)5/h7-13,20-22,29H,14H2,1-6H3,(H,28,32)/t20-,21+,22-,26+/m1/s1. The molecule has 0 radical (unpaired) electrons. The third-order valence-corrected chi connectivity index (χ3v) is 7.27. The van der Waals surface area contributed by atoms with Crippen LogP contribution in [-0.4, -0.2) is 50.0 Å². The minimum atomic E-state index is -0.938. The Morgan fingerprint density at radius 3 is 2.52 bits per heavy atom. The fourth-order valence-corrected chi connectivity index (χ4v) is 5.94. The summed E-state index contributed by atoms with van der Waals surface area (Å²) >= 11 is 3.59. The second-order valence-electron chi connectivity index (χ2n) is 10.5. The van der Waals surface area contributed by atoms with E-state index in [0.29, 0.717) is 5.75 Å². The summed E-state index contributed by atoms with van der Waals surface area (Å²) in [5, 5.41) is 6.76. The van der Waals surface area contributed by atoms with Crippen molar-refractivity contribution in [2.75, 3.05) is 26.5 Å². The lowest BCUT2D eigenvalue weighted by Gasteiger charge is -2.37. The highest BCUT2D eigenvalue weighted by molar-refractivity contribution is 9.10. The lowest BCUT2D eigenvalue weighted by Crippen LogP contribution is -2.49. The van der Waals surface area contributed by atoms with Crippen LogP contribution >= 0.6 is 15.9 Å². The molecule has 7 heteroatoms. The molecule has 6 nitrogen and oxygen atoms in total. The van der Waals surface area contributed by atoms with E-state index in [0.717, 1.165) is 27.7 Å². The zero-order chi connectivity index (χ0) is 24.1. The number of carbonyl (C=O) groups is 2. The fraction of sp³-hybridized carbons (Fsp3) is 0.462. The average Bonchev–Trinajstić information content (AvgIpc) is 3.21. The van der Waals surface area contributed by atoms with E-state index in [-0.39, 0.29) is 29.2 Å². The minimum absolute atomic E-state index is 0.0366. The van der Waals surface area contributed by atoms with E-state index >= 15 is 0 Å². The first kappa shape index (κ1) is 23.8. The van der Waals surface area contributed by atoms with Crippen LogP contribution in [0.25, 0.3) is 0 Å². The van der Waals surface area contributed by atoms with Crippen LogP contribution in [-0.2, 0) is 15.0 Å². The molecule has 0 bridgehead atoms. The number of halogens is 1. The van der Waals surface area contributed by atoms with Crippen molar-refractivity contribution in [3.63, 3.8) is 0 Å². The molecule has 2 N–H and O–H groups in total. The maximum atomic E-state index is 14.0. The summed E-state index contributed by atoms with van der Waals surface area (Å²) in [5.74, 6) is 0.188. The Labute approximate surface area is 204 Å². The first-order valence-corrected chi connectivity index (χ1v) is 12.0. The van der Waals surface area contributed by atoms with Crippen LogP contribution in [0, 0.1) is 5.41 Å². The molecule has 4 rings (SSSR count). The van der Waals surface area contributed by atoms with Crippen molar-refractivity contribution in [1.29, 1.82) is 0 Å². The molecule has 2 aliphatic heterocycles. The Bertz CT molecular complexity index is 1090. The molecule has 1 saturated heterocycles. The van der Waals surface area contributed by atoms with Crippen LogP contribution in [0.2, 0.25) is 0 Å². The SMILES string of the molecule is COc1ccc2c(c1)NC(=O)[C@]21[C@@H](CC(C)(C)C)N[C@@H](C(=O)N(C)C)[C@@H]1c1cccc(Br)c1. The number of carbonyl (C=O) groups excluding carboxylic acids is 2. The van der Waals surface area contributed by atoms with E-state index in [9.17, 15) is 9.59 Å². The highest BCUT2D eigenvalue weighted by atomic mass is 79.9. The Hall–Kier alpha value is -2.38. The van der Waals surface area contributed by atoms with Gasteiger partial charge in [-0.1, -0.05) is 54.9 Å². The van der Waals surface area contributed by atoms with Crippen LogP contribution in [0.3, 0.4) is 0 Å². The minimum Gasteiger partial charge on any atom is -0.497 e. The number of ether oxygens (including phenoxy) is 1. The third kappa shape index (κ3) is 3.95. The molecule has 4 atom stereocenters. The van der Waals surface area contributed by atoms with Gasteiger partial charge in [0.2, 0.25) is 11.8 Å². The van der Waals surface area contributed by atoms with Gasteiger partial charge in [0.15, 0.2) is 0 Å². The van der Waals surface area contributed by atoms with Crippen molar-refractivity contribution in [3.05, 3.63) is 58.1 Å². The summed E-state index contributed by atoms with van der Waals surface area (Å²) in [7, 11) is 5.14. The van der Waals surface area contributed by atoms with Gasteiger partial charge >= 0.3 is 0 Å². The Morgan fingerprint density at radius 2 is 1.91 bits per heavy atom. The molecule has 0 saturated carbocycles. The molecule has 0 aromatic heterocycles.